The van der Waals surface area contributed by atoms with E-state index >= 15 is 0 Å². The van der Waals surface area contributed by atoms with Crippen molar-refractivity contribution in [3.8, 4) is 11.5 Å². The van der Waals surface area contributed by atoms with Gasteiger partial charge >= 0.3 is 19.9 Å². The van der Waals surface area contributed by atoms with E-state index in [0.29, 0.717) is 22.6 Å². The maximum Gasteiger partial charge on any atom is 0.351 e. The highest BCUT2D eigenvalue weighted by Crippen LogP contribution is 2.45. The molecule has 6 atom stereocenters. The number of hydrogen-bond acceptors (Lipinski definition) is 13. The van der Waals surface area contributed by atoms with Crippen LogP contribution in [0, 0.1) is 6.92 Å². The molecule has 6 aromatic rings. The molecule has 3 N–H and O–H groups in total. The normalized spacial score (nSPS) is 20.4. The monoisotopic (exact) mass is 987 g/mol. The molecule has 71 heavy (non-hydrogen) atoms. The average molecular weight is 988 g/mol. The van der Waals surface area contributed by atoms with Crippen molar-refractivity contribution >= 4 is 20.3 Å². The number of carbonyl (C=O) groups excluding carboxylic acids is 1. The fourth-order valence-electron chi connectivity index (χ4n) is 9.50. The molecule has 0 saturated carbocycles. The first-order chi connectivity index (χ1) is 34.1. The van der Waals surface area contributed by atoms with Gasteiger partial charge in [-0.3, -0.25) is 23.7 Å². The van der Waals surface area contributed by atoms with Crippen LogP contribution in [0.4, 0.5) is 5.82 Å². The molecule has 0 spiro atoms. The van der Waals surface area contributed by atoms with Crippen LogP contribution in [-0.2, 0) is 28.7 Å². The number of benzene rings is 4. The van der Waals surface area contributed by atoms with E-state index in [-0.39, 0.29) is 43.0 Å². The van der Waals surface area contributed by atoms with Gasteiger partial charge in [-0.15, -0.1) is 0 Å². The number of aromatic amines is 1. The lowest BCUT2D eigenvalue weighted by atomic mass is 9.80. The number of amides is 1. The number of aryl methyl sites for hydroxylation is 1. The minimum absolute atomic E-state index is 0.0322. The smallest absolute Gasteiger partial charge is 0.351 e. The van der Waals surface area contributed by atoms with Crippen molar-refractivity contribution in [2.75, 3.05) is 32.8 Å². The molecule has 0 radical (unpaired) electrons. The summed E-state index contributed by atoms with van der Waals surface area (Å²) in [6, 6.07) is 35.3. The summed E-state index contributed by atoms with van der Waals surface area (Å²) in [5.41, 5.74) is -0.0942. The van der Waals surface area contributed by atoms with Crippen LogP contribution in [0.2, 0.25) is 11.1 Å². The molecule has 17 nitrogen and oxygen atoms in total. The molecule has 4 heterocycles. The Morgan fingerprint density at radius 2 is 1.34 bits per heavy atom. The number of nitrogens with zero attached hydrogens (tertiary/aromatic N) is 3. The van der Waals surface area contributed by atoms with E-state index in [9.17, 15) is 24.3 Å². The van der Waals surface area contributed by atoms with Crippen LogP contribution in [0.25, 0.3) is 0 Å². The van der Waals surface area contributed by atoms with Gasteiger partial charge in [0.2, 0.25) is 0 Å². The summed E-state index contributed by atoms with van der Waals surface area (Å²) in [7, 11) is -0.165. The van der Waals surface area contributed by atoms with E-state index in [1.54, 1.807) is 51.5 Å². The number of aliphatic hydroxyl groups excluding tert-OH is 1. The third-order valence-corrected chi connectivity index (χ3v) is 17.8. The molecule has 18 heteroatoms. The lowest BCUT2D eigenvalue weighted by molar-refractivity contribution is -0.0971. The molecule has 0 unspecified atom stereocenters. The third kappa shape index (κ3) is 10.7. The Kier molecular flexibility index (Phi) is 15.7. The first-order valence-corrected chi connectivity index (χ1v) is 25.7. The first kappa shape index (κ1) is 50.9. The van der Waals surface area contributed by atoms with Crippen molar-refractivity contribution in [3.05, 3.63) is 187 Å². The summed E-state index contributed by atoms with van der Waals surface area (Å²) >= 11 is 0. The van der Waals surface area contributed by atoms with E-state index in [1.807, 2.05) is 107 Å². The van der Waals surface area contributed by atoms with Crippen LogP contribution in [0.5, 0.6) is 11.5 Å². The highest BCUT2D eigenvalue weighted by atomic mass is 28.4. The minimum Gasteiger partial charge on any atom is -0.497 e. The fraction of sp³-hybridized carbons (Fsp3) is 0.377. The second kappa shape index (κ2) is 21.9. The van der Waals surface area contributed by atoms with Gasteiger partial charge < -0.3 is 43.0 Å². The van der Waals surface area contributed by atoms with Gasteiger partial charge in [-0.25, -0.2) is 9.59 Å². The molecule has 2 fully saturated rings. The molecule has 2 aliphatic rings. The number of nitrogens with one attached hydrogen (secondary N) is 2. The van der Waals surface area contributed by atoms with Crippen molar-refractivity contribution < 1.29 is 42.4 Å². The van der Waals surface area contributed by atoms with Crippen LogP contribution in [0.1, 0.15) is 85.6 Å². The first-order valence-electron chi connectivity index (χ1n) is 23.7. The Balaban J connectivity index is 1.09. The van der Waals surface area contributed by atoms with Gasteiger partial charge in [-0.2, -0.15) is 4.98 Å². The Labute approximate surface area is 412 Å². The number of anilines is 1. The van der Waals surface area contributed by atoms with Gasteiger partial charge in [0.25, 0.3) is 11.5 Å². The summed E-state index contributed by atoms with van der Waals surface area (Å²) in [6.07, 6.45) is -1.81. The molecule has 4 aromatic carbocycles. The molecule has 2 saturated heterocycles. The van der Waals surface area contributed by atoms with Gasteiger partial charge in [-0.05, 0) is 77.2 Å². The summed E-state index contributed by atoms with van der Waals surface area (Å²) in [4.78, 5) is 58.5. The molecule has 2 aromatic heterocycles. The molecule has 8 rings (SSSR count). The number of methoxy groups -OCH3 is 2. The number of ether oxygens (including phenoxy) is 5. The fourth-order valence-corrected chi connectivity index (χ4v) is 13.3. The quantitative estimate of drug-likeness (QED) is 0.0555. The third-order valence-electron chi connectivity index (χ3n) is 13.3. The van der Waals surface area contributed by atoms with Gasteiger partial charge in [-0.1, -0.05) is 100 Å². The van der Waals surface area contributed by atoms with Crippen LogP contribution in [-0.4, -0.2) is 90.5 Å². The van der Waals surface area contributed by atoms with Crippen molar-refractivity contribution in [1.82, 2.24) is 19.1 Å². The average Bonchev–Trinajstić information content (AvgIpc) is 3.96. The van der Waals surface area contributed by atoms with E-state index in [4.69, 9.17) is 32.5 Å². The molecule has 1 amide bonds. The summed E-state index contributed by atoms with van der Waals surface area (Å²) in [5.74, 6) is 1.01. The largest absolute Gasteiger partial charge is 0.497 e. The van der Waals surface area contributed by atoms with E-state index in [1.165, 1.54) is 27.6 Å². The predicted octanol–water partition coefficient (Wildman–Crippen LogP) is 6.98. The molecular formula is C53H61N5O12Si. The van der Waals surface area contributed by atoms with Crippen molar-refractivity contribution in [3.63, 3.8) is 0 Å². The minimum atomic E-state index is -3.39. The zero-order valence-corrected chi connectivity index (χ0v) is 41.9. The number of hydrogen-bond donors (Lipinski definition) is 3. The van der Waals surface area contributed by atoms with Crippen molar-refractivity contribution in [2.45, 2.75) is 101 Å². The Hall–Kier alpha value is -6.51. The second-order valence-corrected chi connectivity index (χ2v) is 22.7. The zero-order valence-electron chi connectivity index (χ0n) is 40.9. The number of aliphatic hydroxyl groups is 1. The maximum absolute atomic E-state index is 13.5. The second-order valence-electron chi connectivity index (χ2n) is 18.4. The summed E-state index contributed by atoms with van der Waals surface area (Å²) in [5, 5.41) is 14.0. The van der Waals surface area contributed by atoms with Crippen LogP contribution < -0.4 is 31.7 Å². The number of aromatic nitrogens is 4. The van der Waals surface area contributed by atoms with Gasteiger partial charge in [0.05, 0.1) is 39.6 Å². The van der Waals surface area contributed by atoms with Gasteiger partial charge in [0.1, 0.15) is 47.6 Å². The molecule has 0 bridgehead atoms. The lowest BCUT2D eigenvalue weighted by Crippen LogP contribution is -2.54. The zero-order chi connectivity index (χ0) is 50.5. The van der Waals surface area contributed by atoms with Crippen LogP contribution >= 0.6 is 0 Å². The maximum atomic E-state index is 13.5. The number of H-pyrrole nitrogens is 1. The standard InChI is InChI=1S/C53H61N5O12Si/c1-33(2)71(34(3)4,67-32-44-42(59)28-47(68-44)57-27-26-46(55-51(57)62)54-50(61)36-14-10-8-11-15-36)70-43-29-48(58-30-35(5)49(60)56-52(58)63)69-45(43)31-66-53(37-16-12-9-13-17-37,38-18-22-40(64-6)23-19-38)39-20-24-41(65-7)25-21-39/h8-27,30,33-34,42-45,47-48,59H,28-29,31-32H2,1-7H3,(H,56,60,63)(H,54,55,61,62)/t42-,43-,44+,45+,47+,48+/m0/s1. The molecule has 0 aliphatic carbocycles. The summed E-state index contributed by atoms with van der Waals surface area (Å²) < 4.78 is 48.6. The van der Waals surface area contributed by atoms with Crippen molar-refractivity contribution in [2.24, 2.45) is 0 Å². The Morgan fingerprint density at radius 1 is 0.775 bits per heavy atom. The van der Waals surface area contributed by atoms with Gasteiger partial charge in [0.15, 0.2) is 0 Å². The molecule has 374 valence electrons. The van der Waals surface area contributed by atoms with E-state index < -0.39 is 73.9 Å². The summed E-state index contributed by atoms with van der Waals surface area (Å²) in [6.45, 7) is 9.67. The van der Waals surface area contributed by atoms with E-state index in [0.717, 1.165) is 16.7 Å². The van der Waals surface area contributed by atoms with Crippen LogP contribution in [0.3, 0.4) is 0 Å². The van der Waals surface area contributed by atoms with Crippen LogP contribution in [0.15, 0.2) is 142 Å². The molecular weight excluding hydrogens is 927 g/mol. The Morgan fingerprint density at radius 3 is 1.92 bits per heavy atom. The number of rotatable bonds is 19. The van der Waals surface area contributed by atoms with Gasteiger partial charge in [0, 0.05) is 36.4 Å². The predicted molar refractivity (Wildman–Crippen MR) is 267 cm³/mol. The highest BCUT2D eigenvalue weighted by Gasteiger charge is 2.52. The lowest BCUT2D eigenvalue weighted by Gasteiger charge is -2.41. The highest BCUT2D eigenvalue weighted by molar-refractivity contribution is 6.70. The van der Waals surface area contributed by atoms with E-state index in [2.05, 4.69) is 15.3 Å². The Bertz CT molecular complexity index is 2870. The molecule has 2 aliphatic heterocycles. The topological polar surface area (TPSA) is 204 Å². The number of carbonyl (C=O) groups is 1. The SMILES string of the molecule is COc1ccc(C(OC[C@H]2O[C@@H](n3cc(C)c(=O)[nH]c3=O)C[C@@H]2O[Si](OC[C@H]2O[C@@H](n3ccc(NC(=O)c4ccccc4)nc3=O)C[C@@H]2O)(C(C)C)C(C)C)(c2ccccc2)c2ccc(OC)cc2)cc1. The van der Waals surface area contributed by atoms with Crippen molar-refractivity contribution in [1.29, 1.82) is 0 Å².